The first-order valence-corrected chi connectivity index (χ1v) is 8.79. The van der Waals surface area contributed by atoms with E-state index in [0.29, 0.717) is 18.5 Å². The fraction of sp³-hybridized carbons (Fsp3) is 0.350. The maximum atomic E-state index is 11.8. The molecule has 0 aliphatic heterocycles. The van der Waals surface area contributed by atoms with Crippen LogP contribution < -0.4 is 16.4 Å². The zero-order chi connectivity index (χ0) is 17.9. The number of unbranched alkanes of at least 4 members (excludes halogenated alkanes) is 3. The topological polar surface area (TPSA) is 87.4 Å². The monoisotopic (exact) mass is 341 g/mol. The lowest BCUT2D eigenvalue weighted by Crippen LogP contribution is -2.19. The van der Waals surface area contributed by atoms with Crippen LogP contribution in [-0.4, -0.2) is 17.2 Å². The van der Waals surface area contributed by atoms with Gasteiger partial charge in [0, 0.05) is 12.1 Å². The quantitative estimate of drug-likeness (QED) is 0.299. The Morgan fingerprint density at radius 1 is 0.960 bits per heavy atom. The second-order valence-electron chi connectivity index (χ2n) is 6.11. The van der Waals surface area contributed by atoms with Crippen molar-refractivity contribution in [3.63, 3.8) is 0 Å². The molecule has 1 unspecified atom stereocenters. The van der Waals surface area contributed by atoms with Gasteiger partial charge in [-0.15, -0.1) is 0 Å². The van der Waals surface area contributed by atoms with E-state index in [4.69, 9.17) is 5.73 Å². The Kier molecular flexibility index (Phi) is 7.79. The number of nitrogen functional groups attached to an aromatic ring is 1. The Labute approximate surface area is 149 Å². The number of anilines is 3. The van der Waals surface area contributed by atoms with E-state index < -0.39 is 6.23 Å². The number of amides is 1. The molecule has 2 rings (SSSR count). The lowest BCUT2D eigenvalue weighted by atomic mass is 10.1. The Bertz CT molecular complexity index is 646. The third kappa shape index (κ3) is 7.27. The van der Waals surface area contributed by atoms with Crippen LogP contribution in [0.2, 0.25) is 0 Å². The van der Waals surface area contributed by atoms with Gasteiger partial charge >= 0.3 is 0 Å². The van der Waals surface area contributed by atoms with Gasteiger partial charge in [-0.3, -0.25) is 4.79 Å². The average molecular weight is 341 g/mol. The molecule has 134 valence electrons. The van der Waals surface area contributed by atoms with Gasteiger partial charge in [0.25, 0.3) is 0 Å². The molecule has 2 aromatic carbocycles. The van der Waals surface area contributed by atoms with E-state index >= 15 is 0 Å². The molecule has 0 saturated carbocycles. The molecular formula is C20H27N3O2. The highest BCUT2D eigenvalue weighted by atomic mass is 16.3. The van der Waals surface area contributed by atoms with E-state index in [1.54, 1.807) is 6.07 Å². The maximum Gasteiger partial charge on any atom is 0.224 e. The fourth-order valence-electron chi connectivity index (χ4n) is 2.60. The smallest absolute Gasteiger partial charge is 0.224 e. The minimum absolute atomic E-state index is 0.0486. The zero-order valence-electron chi connectivity index (χ0n) is 14.4. The number of aliphatic hydroxyl groups excluding tert-OH is 1. The van der Waals surface area contributed by atoms with Crippen LogP contribution in [0.25, 0.3) is 0 Å². The highest BCUT2D eigenvalue weighted by Crippen LogP contribution is 2.18. The van der Waals surface area contributed by atoms with Crippen LogP contribution in [0.5, 0.6) is 0 Å². The first kappa shape index (κ1) is 18.8. The molecule has 2 aromatic rings. The highest BCUT2D eigenvalue weighted by molar-refractivity contribution is 5.90. The van der Waals surface area contributed by atoms with E-state index in [-0.39, 0.29) is 5.91 Å². The van der Waals surface area contributed by atoms with Crippen LogP contribution in [0.4, 0.5) is 17.1 Å². The van der Waals surface area contributed by atoms with Crippen molar-refractivity contribution in [3.05, 3.63) is 54.6 Å². The third-order valence-corrected chi connectivity index (χ3v) is 3.97. The third-order valence-electron chi connectivity index (χ3n) is 3.97. The summed E-state index contributed by atoms with van der Waals surface area (Å²) in [4.78, 5) is 11.8. The van der Waals surface area contributed by atoms with Gasteiger partial charge in [0.15, 0.2) is 0 Å². The summed E-state index contributed by atoms with van der Waals surface area (Å²) in [7, 11) is 0. The van der Waals surface area contributed by atoms with Crippen molar-refractivity contribution in [1.82, 2.24) is 0 Å². The number of nitrogens with one attached hydrogen (secondary N) is 2. The normalized spacial score (nSPS) is 11.7. The fourth-order valence-corrected chi connectivity index (χ4v) is 2.60. The summed E-state index contributed by atoms with van der Waals surface area (Å²) < 4.78 is 0. The molecule has 1 atom stereocenters. The summed E-state index contributed by atoms with van der Waals surface area (Å²) in [5.74, 6) is 0.0486. The number of rotatable bonds is 10. The molecule has 5 heteroatoms. The number of aliphatic hydroxyl groups is 1. The number of carbonyl (C=O) groups is 1. The van der Waals surface area contributed by atoms with Gasteiger partial charge in [-0.05, 0) is 43.5 Å². The van der Waals surface area contributed by atoms with Crippen LogP contribution in [0, 0.1) is 0 Å². The summed E-state index contributed by atoms with van der Waals surface area (Å²) >= 11 is 0. The summed E-state index contributed by atoms with van der Waals surface area (Å²) in [6, 6.07) is 16.9. The van der Waals surface area contributed by atoms with E-state index in [1.807, 2.05) is 48.5 Å². The Morgan fingerprint density at radius 2 is 1.64 bits per heavy atom. The van der Waals surface area contributed by atoms with Crippen molar-refractivity contribution in [2.24, 2.45) is 0 Å². The van der Waals surface area contributed by atoms with E-state index in [0.717, 1.165) is 37.1 Å². The molecule has 0 aliphatic carbocycles. The summed E-state index contributed by atoms with van der Waals surface area (Å²) in [5.41, 5.74) is 8.06. The van der Waals surface area contributed by atoms with Gasteiger partial charge in [0.2, 0.25) is 5.91 Å². The Hall–Kier alpha value is -2.53. The SMILES string of the molecule is Nc1ccccc1NC(O)CCCCCCC(=O)Nc1ccccc1. The van der Waals surface area contributed by atoms with Crippen molar-refractivity contribution in [2.45, 2.75) is 44.8 Å². The van der Waals surface area contributed by atoms with Gasteiger partial charge in [-0.2, -0.15) is 0 Å². The molecule has 5 N–H and O–H groups in total. The number of benzene rings is 2. The van der Waals surface area contributed by atoms with Gasteiger partial charge in [0.05, 0.1) is 11.4 Å². The van der Waals surface area contributed by atoms with Gasteiger partial charge < -0.3 is 21.5 Å². The molecule has 0 bridgehead atoms. The summed E-state index contributed by atoms with van der Waals surface area (Å²) in [5, 5.41) is 15.9. The van der Waals surface area contributed by atoms with Gasteiger partial charge in [0.1, 0.15) is 6.23 Å². The molecule has 1 amide bonds. The largest absolute Gasteiger partial charge is 0.397 e. The molecule has 0 saturated heterocycles. The summed E-state index contributed by atoms with van der Waals surface area (Å²) in [6.45, 7) is 0. The molecular weight excluding hydrogens is 314 g/mol. The lowest BCUT2D eigenvalue weighted by molar-refractivity contribution is -0.116. The minimum Gasteiger partial charge on any atom is -0.397 e. The molecule has 0 fully saturated rings. The molecule has 0 radical (unpaired) electrons. The van der Waals surface area contributed by atoms with Gasteiger partial charge in [-0.25, -0.2) is 0 Å². The zero-order valence-corrected chi connectivity index (χ0v) is 14.4. The van der Waals surface area contributed by atoms with Crippen LogP contribution in [0.3, 0.4) is 0 Å². The van der Waals surface area contributed by atoms with Crippen molar-refractivity contribution >= 4 is 23.0 Å². The van der Waals surface area contributed by atoms with Crippen molar-refractivity contribution in [3.8, 4) is 0 Å². The second kappa shape index (κ2) is 10.4. The average Bonchev–Trinajstić information content (AvgIpc) is 2.61. The van der Waals surface area contributed by atoms with E-state index in [9.17, 15) is 9.90 Å². The Morgan fingerprint density at radius 3 is 2.40 bits per heavy atom. The van der Waals surface area contributed by atoms with Crippen molar-refractivity contribution in [1.29, 1.82) is 0 Å². The van der Waals surface area contributed by atoms with Crippen LogP contribution >= 0.6 is 0 Å². The van der Waals surface area contributed by atoms with Crippen LogP contribution in [0.15, 0.2) is 54.6 Å². The number of hydrogen-bond acceptors (Lipinski definition) is 4. The Balaban J connectivity index is 1.53. The maximum absolute atomic E-state index is 11.8. The minimum atomic E-state index is -0.605. The van der Waals surface area contributed by atoms with Crippen molar-refractivity contribution in [2.75, 3.05) is 16.4 Å². The first-order chi connectivity index (χ1) is 12.1. The van der Waals surface area contributed by atoms with Crippen LogP contribution in [0.1, 0.15) is 38.5 Å². The number of hydrogen-bond donors (Lipinski definition) is 4. The number of carbonyl (C=O) groups excluding carboxylic acids is 1. The standard InChI is InChI=1S/C20H27N3O2/c21-17-12-8-9-13-18(17)23-20(25)15-7-2-1-6-14-19(24)22-16-10-4-3-5-11-16/h3-5,8-13,20,23,25H,1-2,6-7,14-15,21H2,(H,22,24). The van der Waals surface area contributed by atoms with E-state index in [2.05, 4.69) is 10.6 Å². The lowest BCUT2D eigenvalue weighted by Gasteiger charge is -2.15. The molecule has 0 aliphatic rings. The predicted molar refractivity (Wildman–Crippen MR) is 103 cm³/mol. The molecule has 5 nitrogen and oxygen atoms in total. The molecule has 0 heterocycles. The highest BCUT2D eigenvalue weighted by Gasteiger charge is 2.06. The summed E-state index contributed by atoms with van der Waals surface area (Å²) in [6.07, 6.45) is 4.30. The van der Waals surface area contributed by atoms with Gasteiger partial charge in [-0.1, -0.05) is 43.2 Å². The molecule has 25 heavy (non-hydrogen) atoms. The molecule has 0 spiro atoms. The second-order valence-corrected chi connectivity index (χ2v) is 6.11. The van der Waals surface area contributed by atoms with Crippen molar-refractivity contribution < 1.29 is 9.90 Å². The molecule has 0 aromatic heterocycles. The number of nitrogens with two attached hydrogens (primary N) is 1. The first-order valence-electron chi connectivity index (χ1n) is 8.79. The number of para-hydroxylation sites is 3. The van der Waals surface area contributed by atoms with Crippen LogP contribution in [-0.2, 0) is 4.79 Å². The van der Waals surface area contributed by atoms with E-state index in [1.165, 1.54) is 0 Å². The predicted octanol–water partition coefficient (Wildman–Crippen LogP) is 3.98.